The number of aliphatic hydroxyl groups excluding tert-OH is 1. The monoisotopic (exact) mass is 332 g/mol. The maximum atomic E-state index is 9.88. The molecule has 0 unspecified atom stereocenters. The number of allylic oxidation sites excluding steroid dienone is 2. The van der Waals surface area contributed by atoms with Gasteiger partial charge in [0.15, 0.2) is 0 Å². The fraction of sp³-hybridized carbons (Fsp3) is 0.500. The molecule has 0 saturated heterocycles. The largest absolute Gasteiger partial charge is 0.497 e. The number of aliphatic hydroxyl groups is 1. The lowest BCUT2D eigenvalue weighted by atomic mass is 9.91. The van der Waals surface area contributed by atoms with Crippen LogP contribution in [0.15, 0.2) is 47.9 Å². The third kappa shape index (κ3) is 5.31. The van der Waals surface area contributed by atoms with Gasteiger partial charge in [-0.3, -0.25) is 0 Å². The summed E-state index contributed by atoms with van der Waals surface area (Å²) < 4.78 is 16.7. The fourth-order valence-corrected chi connectivity index (χ4v) is 2.97. The smallest absolute Gasteiger partial charge is 0.273 e. The van der Waals surface area contributed by atoms with Gasteiger partial charge in [-0.05, 0) is 31.0 Å². The first-order valence-corrected chi connectivity index (χ1v) is 8.43. The van der Waals surface area contributed by atoms with E-state index in [4.69, 9.17) is 14.2 Å². The van der Waals surface area contributed by atoms with Gasteiger partial charge < -0.3 is 19.3 Å². The van der Waals surface area contributed by atoms with E-state index in [9.17, 15) is 5.11 Å². The maximum Gasteiger partial charge on any atom is 0.273 e. The molecule has 4 heteroatoms. The van der Waals surface area contributed by atoms with E-state index in [1.54, 1.807) is 13.2 Å². The van der Waals surface area contributed by atoms with E-state index in [0.717, 1.165) is 17.7 Å². The van der Waals surface area contributed by atoms with E-state index in [1.807, 2.05) is 24.3 Å². The standard InChI is InChI=1S/C20H28O4/c1-14-5-10-19(21)24-20(15(2)11-14)16(3)12-23-13-17-6-8-18(22-4)9-7-17/h6-11,15-16,20-21H,5,12-13H2,1-4H3/b14-11-,19-10-/t15-,16-,20+/m0/s1. The summed E-state index contributed by atoms with van der Waals surface area (Å²) in [6, 6.07) is 7.86. The topological polar surface area (TPSA) is 47.9 Å². The summed E-state index contributed by atoms with van der Waals surface area (Å²) in [6.45, 7) is 7.40. The SMILES string of the molecule is COc1ccc(COC[C@H](C)[C@@H]2O/C(O)=C\C/C(C)=C\[C@@H]2C)cc1. The van der Waals surface area contributed by atoms with E-state index in [2.05, 4.69) is 26.8 Å². The van der Waals surface area contributed by atoms with Crippen molar-refractivity contribution in [1.82, 2.24) is 0 Å². The van der Waals surface area contributed by atoms with Gasteiger partial charge in [-0.2, -0.15) is 0 Å². The Kier molecular flexibility index (Phi) is 6.73. The highest BCUT2D eigenvalue weighted by atomic mass is 16.6. The van der Waals surface area contributed by atoms with Crippen molar-refractivity contribution >= 4 is 0 Å². The molecule has 1 aliphatic rings. The summed E-state index contributed by atoms with van der Waals surface area (Å²) in [5.74, 6) is 1.24. The van der Waals surface area contributed by atoms with Gasteiger partial charge in [-0.15, -0.1) is 0 Å². The van der Waals surface area contributed by atoms with E-state index >= 15 is 0 Å². The quantitative estimate of drug-likeness (QED) is 0.772. The van der Waals surface area contributed by atoms with Crippen LogP contribution in [0, 0.1) is 11.8 Å². The second-order valence-corrected chi connectivity index (χ2v) is 6.54. The van der Waals surface area contributed by atoms with Gasteiger partial charge >= 0.3 is 0 Å². The number of ether oxygens (including phenoxy) is 3. The Hall–Kier alpha value is -1.94. The number of hydrogen-bond donors (Lipinski definition) is 1. The van der Waals surface area contributed by atoms with E-state index in [1.165, 1.54) is 5.57 Å². The molecular formula is C20H28O4. The van der Waals surface area contributed by atoms with Crippen molar-refractivity contribution in [2.45, 2.75) is 39.9 Å². The Morgan fingerprint density at radius 1 is 1.29 bits per heavy atom. The van der Waals surface area contributed by atoms with Crippen molar-refractivity contribution in [3.63, 3.8) is 0 Å². The Labute approximate surface area is 144 Å². The van der Waals surface area contributed by atoms with Crippen molar-refractivity contribution in [3.8, 4) is 5.75 Å². The maximum absolute atomic E-state index is 9.88. The van der Waals surface area contributed by atoms with Crippen LogP contribution in [0.2, 0.25) is 0 Å². The van der Waals surface area contributed by atoms with Crippen LogP contribution < -0.4 is 4.74 Å². The molecule has 1 aliphatic heterocycles. The van der Waals surface area contributed by atoms with Crippen LogP contribution in [0.1, 0.15) is 32.8 Å². The Morgan fingerprint density at radius 2 is 2.00 bits per heavy atom. The van der Waals surface area contributed by atoms with Gasteiger partial charge in [0, 0.05) is 17.9 Å². The lowest BCUT2D eigenvalue weighted by molar-refractivity contribution is -0.0439. The zero-order valence-electron chi connectivity index (χ0n) is 15.0. The molecule has 1 aromatic rings. The zero-order chi connectivity index (χ0) is 17.5. The molecular weight excluding hydrogens is 304 g/mol. The molecule has 0 bridgehead atoms. The lowest BCUT2D eigenvalue weighted by Gasteiger charge is -2.29. The summed E-state index contributed by atoms with van der Waals surface area (Å²) in [7, 11) is 1.66. The zero-order valence-corrected chi connectivity index (χ0v) is 15.0. The van der Waals surface area contributed by atoms with Gasteiger partial charge in [0.1, 0.15) is 11.9 Å². The highest BCUT2D eigenvalue weighted by Gasteiger charge is 2.26. The Morgan fingerprint density at radius 3 is 2.67 bits per heavy atom. The number of benzene rings is 1. The molecule has 0 amide bonds. The van der Waals surface area contributed by atoms with Crippen LogP contribution in [-0.4, -0.2) is 24.9 Å². The average molecular weight is 332 g/mol. The van der Waals surface area contributed by atoms with Gasteiger partial charge in [0.25, 0.3) is 5.95 Å². The summed E-state index contributed by atoms with van der Waals surface area (Å²) in [5, 5.41) is 9.88. The molecule has 0 aromatic heterocycles. The predicted octanol–water partition coefficient (Wildman–Crippen LogP) is 4.62. The van der Waals surface area contributed by atoms with Crippen molar-refractivity contribution in [2.75, 3.05) is 13.7 Å². The first-order valence-electron chi connectivity index (χ1n) is 8.43. The van der Waals surface area contributed by atoms with Crippen molar-refractivity contribution in [1.29, 1.82) is 0 Å². The highest BCUT2D eigenvalue weighted by molar-refractivity contribution is 5.26. The Balaban J connectivity index is 1.89. The third-order valence-electron chi connectivity index (χ3n) is 4.29. The normalized spacial score (nSPS) is 26.8. The molecule has 1 heterocycles. The van der Waals surface area contributed by atoms with Gasteiger partial charge in [-0.1, -0.05) is 37.6 Å². The van der Waals surface area contributed by atoms with E-state index in [0.29, 0.717) is 13.2 Å². The minimum absolute atomic E-state index is 0.0151. The molecule has 0 aliphatic carbocycles. The molecule has 0 fully saturated rings. The molecule has 132 valence electrons. The van der Waals surface area contributed by atoms with Crippen LogP contribution in [-0.2, 0) is 16.1 Å². The molecule has 24 heavy (non-hydrogen) atoms. The molecule has 1 aromatic carbocycles. The molecule has 0 spiro atoms. The summed E-state index contributed by atoms with van der Waals surface area (Å²) >= 11 is 0. The minimum atomic E-state index is -0.104. The second kappa shape index (κ2) is 8.78. The number of rotatable bonds is 6. The summed E-state index contributed by atoms with van der Waals surface area (Å²) in [6.07, 6.45) is 4.56. The van der Waals surface area contributed by atoms with Crippen LogP contribution >= 0.6 is 0 Å². The van der Waals surface area contributed by atoms with Crippen LogP contribution in [0.4, 0.5) is 0 Å². The Bertz CT molecular complexity index is 574. The molecule has 4 nitrogen and oxygen atoms in total. The lowest BCUT2D eigenvalue weighted by Crippen LogP contribution is -2.31. The molecule has 1 N–H and O–H groups in total. The van der Waals surface area contributed by atoms with Crippen molar-refractivity contribution in [2.24, 2.45) is 11.8 Å². The number of hydrogen-bond acceptors (Lipinski definition) is 4. The first kappa shape index (κ1) is 18.4. The van der Waals surface area contributed by atoms with E-state index < -0.39 is 0 Å². The molecule has 0 radical (unpaired) electrons. The summed E-state index contributed by atoms with van der Waals surface area (Å²) in [5.41, 5.74) is 2.35. The average Bonchev–Trinajstić information content (AvgIpc) is 2.57. The van der Waals surface area contributed by atoms with Crippen molar-refractivity contribution < 1.29 is 19.3 Å². The molecule has 0 saturated carbocycles. The van der Waals surface area contributed by atoms with Crippen molar-refractivity contribution in [3.05, 3.63) is 53.5 Å². The fourth-order valence-electron chi connectivity index (χ4n) is 2.97. The van der Waals surface area contributed by atoms with Crippen LogP contribution in [0.5, 0.6) is 5.75 Å². The summed E-state index contributed by atoms with van der Waals surface area (Å²) in [4.78, 5) is 0. The minimum Gasteiger partial charge on any atom is -0.497 e. The van der Waals surface area contributed by atoms with Gasteiger partial charge in [0.2, 0.25) is 0 Å². The first-order chi connectivity index (χ1) is 11.5. The van der Waals surface area contributed by atoms with Crippen LogP contribution in [0.3, 0.4) is 0 Å². The predicted molar refractivity (Wildman–Crippen MR) is 94.9 cm³/mol. The van der Waals surface area contributed by atoms with E-state index in [-0.39, 0.29) is 23.9 Å². The number of methoxy groups -OCH3 is 1. The second-order valence-electron chi connectivity index (χ2n) is 6.54. The third-order valence-corrected chi connectivity index (χ3v) is 4.29. The van der Waals surface area contributed by atoms with Gasteiger partial charge in [-0.25, -0.2) is 0 Å². The molecule has 3 atom stereocenters. The van der Waals surface area contributed by atoms with Crippen LogP contribution in [0.25, 0.3) is 0 Å². The molecule has 2 rings (SSSR count). The van der Waals surface area contributed by atoms with Gasteiger partial charge in [0.05, 0.1) is 20.3 Å². The highest BCUT2D eigenvalue weighted by Crippen LogP contribution is 2.25.